The molecule has 24 heavy (non-hydrogen) atoms. The zero-order valence-corrected chi connectivity index (χ0v) is 15.0. The third-order valence-corrected chi connectivity index (χ3v) is 5.11. The Morgan fingerprint density at radius 2 is 1.88 bits per heavy atom. The summed E-state index contributed by atoms with van der Waals surface area (Å²) in [7, 11) is 0. The molecule has 1 aliphatic carbocycles. The molecular weight excluding hydrogens is 302 g/mol. The second-order valence-electron chi connectivity index (χ2n) is 7.08. The number of carbonyl (C=O) groups is 2. The van der Waals surface area contributed by atoms with Gasteiger partial charge >= 0.3 is 0 Å². The Morgan fingerprint density at radius 1 is 1.17 bits per heavy atom. The maximum absolute atomic E-state index is 12.1. The maximum Gasteiger partial charge on any atom is 0.258 e. The van der Waals surface area contributed by atoms with Gasteiger partial charge in [-0.3, -0.25) is 4.79 Å². The van der Waals surface area contributed by atoms with E-state index in [4.69, 9.17) is 4.74 Å². The lowest BCUT2D eigenvalue weighted by Crippen LogP contribution is -2.45. The van der Waals surface area contributed by atoms with Crippen molar-refractivity contribution in [2.75, 3.05) is 6.61 Å². The quantitative estimate of drug-likeness (QED) is 0.831. The lowest BCUT2D eigenvalue weighted by Gasteiger charge is -2.34. The van der Waals surface area contributed by atoms with Gasteiger partial charge in [-0.2, -0.15) is 0 Å². The molecule has 0 aromatic heterocycles. The molecule has 132 valence electrons. The molecule has 1 fully saturated rings. The van der Waals surface area contributed by atoms with Gasteiger partial charge in [0.25, 0.3) is 5.91 Å². The van der Waals surface area contributed by atoms with Crippen LogP contribution < -0.4 is 10.1 Å². The molecule has 4 nitrogen and oxygen atoms in total. The number of benzene rings is 1. The van der Waals surface area contributed by atoms with E-state index in [0.29, 0.717) is 24.0 Å². The summed E-state index contributed by atoms with van der Waals surface area (Å²) < 4.78 is 5.57. The zero-order chi connectivity index (χ0) is 17.5. The second kappa shape index (κ2) is 8.86. The molecule has 0 spiro atoms. The highest BCUT2D eigenvalue weighted by Crippen LogP contribution is 2.29. The van der Waals surface area contributed by atoms with Crippen LogP contribution in [0.15, 0.2) is 24.3 Å². The first-order valence-corrected chi connectivity index (χ1v) is 8.96. The normalized spacial score (nSPS) is 23.5. The van der Waals surface area contributed by atoms with Crippen LogP contribution in [0.3, 0.4) is 0 Å². The highest BCUT2D eigenvalue weighted by atomic mass is 16.5. The molecular formula is C20H29NO3. The second-order valence-corrected chi connectivity index (χ2v) is 7.08. The van der Waals surface area contributed by atoms with E-state index in [1.165, 1.54) is 12.8 Å². The summed E-state index contributed by atoms with van der Waals surface area (Å²) in [5.74, 6) is 2.00. The number of ketones is 1. The van der Waals surface area contributed by atoms with Gasteiger partial charge in [-0.05, 0) is 49.3 Å². The highest BCUT2D eigenvalue weighted by molar-refractivity contribution is 5.78. The van der Waals surface area contributed by atoms with Crippen LogP contribution in [0.2, 0.25) is 0 Å². The number of rotatable bonds is 7. The van der Waals surface area contributed by atoms with Crippen molar-refractivity contribution in [1.82, 2.24) is 5.32 Å². The first kappa shape index (κ1) is 18.5. The monoisotopic (exact) mass is 331 g/mol. The van der Waals surface area contributed by atoms with Gasteiger partial charge in [-0.25, -0.2) is 0 Å². The molecule has 3 unspecified atom stereocenters. The topological polar surface area (TPSA) is 55.4 Å². The van der Waals surface area contributed by atoms with Gasteiger partial charge in [0.2, 0.25) is 0 Å². The predicted molar refractivity (Wildman–Crippen MR) is 95.0 cm³/mol. The predicted octanol–water partition coefficient (Wildman–Crippen LogP) is 3.53. The molecule has 3 atom stereocenters. The first-order chi connectivity index (χ1) is 11.5. The smallest absolute Gasteiger partial charge is 0.258 e. The third kappa shape index (κ3) is 5.66. The van der Waals surface area contributed by atoms with Crippen LogP contribution in [-0.2, 0) is 16.0 Å². The number of aryl methyl sites for hydroxylation is 1. The molecule has 0 bridgehead atoms. The fourth-order valence-corrected chi connectivity index (χ4v) is 3.26. The molecule has 1 aromatic carbocycles. The third-order valence-electron chi connectivity index (χ3n) is 5.11. The number of hydrogen-bond acceptors (Lipinski definition) is 3. The number of ether oxygens (including phenoxy) is 1. The minimum Gasteiger partial charge on any atom is -0.484 e. The van der Waals surface area contributed by atoms with Crippen molar-refractivity contribution in [2.24, 2.45) is 11.8 Å². The van der Waals surface area contributed by atoms with Crippen molar-refractivity contribution in [2.45, 2.75) is 58.9 Å². The van der Waals surface area contributed by atoms with Gasteiger partial charge < -0.3 is 14.8 Å². The van der Waals surface area contributed by atoms with Gasteiger partial charge in [0.1, 0.15) is 11.5 Å². The van der Waals surface area contributed by atoms with Crippen LogP contribution in [-0.4, -0.2) is 24.3 Å². The zero-order valence-electron chi connectivity index (χ0n) is 15.0. The molecule has 0 radical (unpaired) electrons. The Bertz CT molecular complexity index is 553. The lowest BCUT2D eigenvalue weighted by atomic mass is 9.78. The van der Waals surface area contributed by atoms with E-state index >= 15 is 0 Å². The number of carbonyl (C=O) groups excluding carboxylic acids is 2. The Kier molecular flexibility index (Phi) is 6.83. The number of hydrogen-bond donors (Lipinski definition) is 1. The molecule has 1 aromatic rings. The van der Waals surface area contributed by atoms with Crippen molar-refractivity contribution in [1.29, 1.82) is 0 Å². The first-order valence-electron chi connectivity index (χ1n) is 8.96. The fraction of sp³-hybridized carbons (Fsp3) is 0.600. The van der Waals surface area contributed by atoms with Crippen molar-refractivity contribution in [3.63, 3.8) is 0 Å². The van der Waals surface area contributed by atoms with Gasteiger partial charge in [-0.15, -0.1) is 0 Å². The number of Topliss-reactive ketones (excluding diaryl/α,β-unsaturated/α-hetero) is 1. The molecule has 4 heteroatoms. The van der Waals surface area contributed by atoms with E-state index in [1.807, 2.05) is 24.3 Å². The Labute approximate surface area is 145 Å². The largest absolute Gasteiger partial charge is 0.484 e. The van der Waals surface area contributed by atoms with E-state index in [9.17, 15) is 9.59 Å². The number of amides is 1. The summed E-state index contributed by atoms with van der Waals surface area (Å²) in [5.41, 5.74) is 1.10. The standard InChI is InChI=1S/C20H29NO3/c1-14-5-4-6-19(16(14)3)21-20(23)13-24-18-11-9-17(10-12-18)8-7-15(2)22/h9-12,14,16,19H,4-8,13H2,1-3H3,(H,21,23). The van der Waals surface area contributed by atoms with Crippen LogP contribution in [0.4, 0.5) is 0 Å². The molecule has 2 rings (SSSR count). The summed E-state index contributed by atoms with van der Waals surface area (Å²) in [6, 6.07) is 7.86. The van der Waals surface area contributed by atoms with E-state index in [2.05, 4.69) is 19.2 Å². The summed E-state index contributed by atoms with van der Waals surface area (Å²) in [5, 5.41) is 3.11. The average molecular weight is 331 g/mol. The van der Waals surface area contributed by atoms with Crippen molar-refractivity contribution in [3.8, 4) is 5.75 Å². The van der Waals surface area contributed by atoms with Crippen LogP contribution in [0, 0.1) is 11.8 Å². The van der Waals surface area contributed by atoms with E-state index in [1.54, 1.807) is 6.92 Å². The molecule has 0 heterocycles. The fourth-order valence-electron chi connectivity index (χ4n) is 3.26. The van der Waals surface area contributed by atoms with E-state index in [-0.39, 0.29) is 24.3 Å². The van der Waals surface area contributed by atoms with Crippen molar-refractivity contribution < 1.29 is 14.3 Å². The van der Waals surface area contributed by atoms with E-state index in [0.717, 1.165) is 18.4 Å². The molecule has 1 saturated carbocycles. The average Bonchev–Trinajstić information content (AvgIpc) is 2.56. The SMILES string of the molecule is CC(=O)CCc1ccc(OCC(=O)NC2CCCC(C)C2C)cc1. The summed E-state index contributed by atoms with van der Waals surface area (Å²) >= 11 is 0. The van der Waals surface area contributed by atoms with Crippen LogP contribution >= 0.6 is 0 Å². The van der Waals surface area contributed by atoms with Crippen molar-refractivity contribution in [3.05, 3.63) is 29.8 Å². The lowest BCUT2D eigenvalue weighted by molar-refractivity contribution is -0.124. The van der Waals surface area contributed by atoms with Crippen LogP contribution in [0.1, 0.15) is 52.0 Å². The molecule has 1 N–H and O–H groups in total. The summed E-state index contributed by atoms with van der Waals surface area (Å²) in [4.78, 5) is 23.1. The Balaban J connectivity index is 1.76. The van der Waals surface area contributed by atoms with Crippen LogP contribution in [0.5, 0.6) is 5.75 Å². The molecule has 0 aliphatic heterocycles. The van der Waals surface area contributed by atoms with Gasteiger partial charge in [-0.1, -0.05) is 38.8 Å². The molecule has 0 saturated heterocycles. The Morgan fingerprint density at radius 3 is 2.54 bits per heavy atom. The van der Waals surface area contributed by atoms with Crippen molar-refractivity contribution >= 4 is 11.7 Å². The Hall–Kier alpha value is -1.84. The summed E-state index contributed by atoms with van der Waals surface area (Å²) in [6.45, 7) is 6.12. The minimum atomic E-state index is -0.0541. The van der Waals surface area contributed by atoms with E-state index < -0.39 is 0 Å². The van der Waals surface area contributed by atoms with Gasteiger partial charge in [0.15, 0.2) is 6.61 Å². The minimum absolute atomic E-state index is 0.0460. The molecule has 1 amide bonds. The van der Waals surface area contributed by atoms with Crippen LogP contribution in [0.25, 0.3) is 0 Å². The molecule has 1 aliphatic rings. The number of nitrogens with one attached hydrogen (secondary N) is 1. The maximum atomic E-state index is 12.1. The highest BCUT2D eigenvalue weighted by Gasteiger charge is 2.28. The van der Waals surface area contributed by atoms with Gasteiger partial charge in [0, 0.05) is 12.5 Å². The van der Waals surface area contributed by atoms with Gasteiger partial charge in [0.05, 0.1) is 0 Å². The summed E-state index contributed by atoms with van der Waals surface area (Å²) in [6.07, 6.45) is 4.79.